The number of hydrogen-bond donors (Lipinski definition) is 1. The molecule has 1 fully saturated rings. The Labute approximate surface area is 103 Å². The molecule has 2 rings (SSSR count). The van der Waals surface area contributed by atoms with E-state index in [4.69, 9.17) is 5.73 Å². The Bertz CT molecular complexity index is 436. The number of anilines is 2. The van der Waals surface area contributed by atoms with Gasteiger partial charge in [-0.3, -0.25) is 0 Å². The molecule has 18 heavy (non-hydrogen) atoms. The van der Waals surface area contributed by atoms with Crippen molar-refractivity contribution in [2.75, 3.05) is 17.7 Å². The number of nitrogens with two attached hydrogens (primary N) is 1. The van der Waals surface area contributed by atoms with Gasteiger partial charge in [-0.2, -0.15) is 8.78 Å². The van der Waals surface area contributed by atoms with E-state index in [0.29, 0.717) is 11.7 Å². The van der Waals surface area contributed by atoms with Gasteiger partial charge in [0.2, 0.25) is 0 Å². The lowest BCUT2D eigenvalue weighted by Gasteiger charge is -2.37. The fraction of sp³-hybridized carbons (Fsp3) is 0.500. The lowest BCUT2D eigenvalue weighted by molar-refractivity contribution is -0.0521. The zero-order chi connectivity index (χ0) is 13.3. The average molecular weight is 260 g/mol. The summed E-state index contributed by atoms with van der Waals surface area (Å²) in [6.07, 6.45) is 3.19. The number of benzene rings is 1. The molecule has 0 aromatic heterocycles. The van der Waals surface area contributed by atoms with E-state index >= 15 is 0 Å². The van der Waals surface area contributed by atoms with Gasteiger partial charge in [-0.1, -0.05) is 0 Å². The molecule has 0 bridgehead atoms. The topological polar surface area (TPSA) is 38.5 Å². The van der Waals surface area contributed by atoms with Crippen LogP contribution in [-0.4, -0.2) is 19.7 Å². The highest BCUT2D eigenvalue weighted by atomic mass is 19.3. The Morgan fingerprint density at radius 3 is 2.56 bits per heavy atom. The minimum atomic E-state index is -3.05. The lowest BCUT2D eigenvalue weighted by atomic mass is 9.91. The molecule has 0 radical (unpaired) electrons. The predicted molar refractivity (Wildman–Crippen MR) is 63.5 cm³/mol. The molecule has 0 atom stereocenters. The molecule has 0 aliphatic heterocycles. The molecule has 0 spiro atoms. The number of nitrogen functional groups attached to an aromatic ring is 1. The second-order valence-corrected chi connectivity index (χ2v) is 4.42. The van der Waals surface area contributed by atoms with Gasteiger partial charge in [0.05, 0.1) is 11.4 Å². The number of alkyl halides is 2. The number of halogens is 3. The second kappa shape index (κ2) is 4.96. The average Bonchev–Trinajstić information content (AvgIpc) is 2.18. The van der Waals surface area contributed by atoms with Crippen LogP contribution in [0.4, 0.5) is 24.5 Å². The van der Waals surface area contributed by atoms with Crippen LogP contribution in [-0.2, 0) is 0 Å². The van der Waals surface area contributed by atoms with Crippen molar-refractivity contribution in [3.8, 4) is 5.75 Å². The summed E-state index contributed by atoms with van der Waals surface area (Å²) >= 11 is 0. The molecule has 0 heterocycles. The molecule has 3 nitrogen and oxygen atoms in total. The van der Waals surface area contributed by atoms with Crippen molar-refractivity contribution in [2.45, 2.75) is 31.9 Å². The molecule has 1 aromatic rings. The Morgan fingerprint density at radius 2 is 2.06 bits per heavy atom. The van der Waals surface area contributed by atoms with Gasteiger partial charge in [0.15, 0.2) is 11.6 Å². The minimum absolute atomic E-state index is 0.225. The van der Waals surface area contributed by atoms with Crippen molar-refractivity contribution in [2.24, 2.45) is 0 Å². The SMILES string of the molecule is CN(c1cc(OC(F)F)c(F)cc1N)C1CCC1. The summed E-state index contributed by atoms with van der Waals surface area (Å²) in [5, 5.41) is 0. The number of hydrogen-bond acceptors (Lipinski definition) is 3. The highest BCUT2D eigenvalue weighted by Crippen LogP contribution is 2.35. The predicted octanol–water partition coefficient (Wildman–Crippen LogP) is 3.00. The third-order valence-electron chi connectivity index (χ3n) is 3.30. The van der Waals surface area contributed by atoms with E-state index in [9.17, 15) is 13.2 Å². The summed E-state index contributed by atoms with van der Waals surface area (Å²) in [6.45, 7) is -3.05. The Kier molecular flexibility index (Phi) is 3.54. The van der Waals surface area contributed by atoms with E-state index < -0.39 is 18.2 Å². The van der Waals surface area contributed by atoms with Gasteiger partial charge >= 0.3 is 6.61 Å². The molecule has 1 aliphatic rings. The normalized spacial score (nSPS) is 15.6. The molecule has 2 N–H and O–H groups in total. The van der Waals surface area contributed by atoms with Crippen LogP contribution in [0, 0.1) is 5.82 Å². The van der Waals surface area contributed by atoms with Gasteiger partial charge in [-0.25, -0.2) is 4.39 Å². The second-order valence-electron chi connectivity index (χ2n) is 4.42. The highest BCUT2D eigenvalue weighted by molar-refractivity contribution is 5.70. The van der Waals surface area contributed by atoms with Crippen LogP contribution < -0.4 is 15.4 Å². The fourth-order valence-corrected chi connectivity index (χ4v) is 2.02. The van der Waals surface area contributed by atoms with Crippen molar-refractivity contribution in [3.63, 3.8) is 0 Å². The van der Waals surface area contributed by atoms with Crippen LogP contribution >= 0.6 is 0 Å². The van der Waals surface area contributed by atoms with Crippen molar-refractivity contribution in [1.29, 1.82) is 0 Å². The first kappa shape index (κ1) is 12.9. The summed E-state index contributed by atoms with van der Waals surface area (Å²) in [6, 6.07) is 2.58. The van der Waals surface area contributed by atoms with Crippen molar-refractivity contribution in [3.05, 3.63) is 17.9 Å². The van der Waals surface area contributed by atoms with E-state index in [0.717, 1.165) is 25.3 Å². The summed E-state index contributed by atoms with van der Waals surface area (Å²) in [4.78, 5) is 1.89. The molecule has 1 saturated carbocycles. The molecule has 0 saturated heterocycles. The molecule has 6 heteroatoms. The van der Waals surface area contributed by atoms with E-state index in [2.05, 4.69) is 4.74 Å². The molecular weight excluding hydrogens is 245 g/mol. The monoisotopic (exact) mass is 260 g/mol. The zero-order valence-electron chi connectivity index (χ0n) is 10.00. The molecule has 1 aliphatic carbocycles. The summed E-state index contributed by atoms with van der Waals surface area (Å²) in [7, 11) is 1.82. The number of ether oxygens (including phenoxy) is 1. The Morgan fingerprint density at radius 1 is 1.39 bits per heavy atom. The van der Waals surface area contributed by atoms with Gasteiger partial charge in [-0.05, 0) is 19.3 Å². The van der Waals surface area contributed by atoms with Crippen LogP contribution in [0.25, 0.3) is 0 Å². The summed E-state index contributed by atoms with van der Waals surface area (Å²) in [5.74, 6) is -1.35. The standard InChI is InChI=1S/C12H15F3N2O/c1-17(7-3-2-4-7)10-6-11(18-12(14)15)8(13)5-9(10)16/h5-7,12H,2-4,16H2,1H3. The minimum Gasteiger partial charge on any atom is -0.432 e. The summed E-state index contributed by atoms with van der Waals surface area (Å²) in [5.41, 5.74) is 6.46. The first-order chi connectivity index (χ1) is 8.49. The number of rotatable bonds is 4. The van der Waals surface area contributed by atoms with E-state index in [1.165, 1.54) is 6.07 Å². The van der Waals surface area contributed by atoms with Crippen molar-refractivity contribution >= 4 is 11.4 Å². The zero-order valence-corrected chi connectivity index (χ0v) is 10.00. The van der Waals surface area contributed by atoms with Gasteiger partial charge in [0.25, 0.3) is 0 Å². The summed E-state index contributed by atoms with van der Waals surface area (Å²) < 4.78 is 41.8. The van der Waals surface area contributed by atoms with Crippen molar-refractivity contribution < 1.29 is 17.9 Å². The van der Waals surface area contributed by atoms with Gasteiger partial charge in [0.1, 0.15) is 0 Å². The quantitative estimate of drug-likeness (QED) is 0.846. The highest BCUT2D eigenvalue weighted by Gasteiger charge is 2.25. The van der Waals surface area contributed by atoms with Crippen LogP contribution in [0.5, 0.6) is 5.75 Å². The Hall–Kier alpha value is -1.59. The van der Waals surface area contributed by atoms with Crippen molar-refractivity contribution in [1.82, 2.24) is 0 Å². The first-order valence-corrected chi connectivity index (χ1v) is 5.75. The Balaban J connectivity index is 2.28. The van der Waals surface area contributed by atoms with E-state index in [1.54, 1.807) is 0 Å². The maximum Gasteiger partial charge on any atom is 0.387 e. The van der Waals surface area contributed by atoms with Gasteiger partial charge in [-0.15, -0.1) is 0 Å². The molecule has 1 aromatic carbocycles. The molecular formula is C12H15F3N2O. The van der Waals surface area contributed by atoms with Gasteiger partial charge in [0, 0.05) is 25.2 Å². The van der Waals surface area contributed by atoms with Crippen LogP contribution in [0.15, 0.2) is 12.1 Å². The maximum atomic E-state index is 13.4. The first-order valence-electron chi connectivity index (χ1n) is 5.75. The third-order valence-corrected chi connectivity index (χ3v) is 3.30. The number of nitrogens with zero attached hydrogens (tertiary/aromatic N) is 1. The largest absolute Gasteiger partial charge is 0.432 e. The molecule has 0 amide bonds. The van der Waals surface area contributed by atoms with Crippen LogP contribution in [0.2, 0.25) is 0 Å². The van der Waals surface area contributed by atoms with Crippen LogP contribution in [0.1, 0.15) is 19.3 Å². The smallest absolute Gasteiger partial charge is 0.387 e. The molecule has 100 valence electrons. The van der Waals surface area contributed by atoms with E-state index in [-0.39, 0.29) is 5.69 Å². The van der Waals surface area contributed by atoms with Crippen LogP contribution in [0.3, 0.4) is 0 Å². The maximum absolute atomic E-state index is 13.4. The fourth-order valence-electron chi connectivity index (χ4n) is 2.02. The lowest BCUT2D eigenvalue weighted by Crippen LogP contribution is -2.37. The third kappa shape index (κ3) is 2.47. The van der Waals surface area contributed by atoms with E-state index in [1.807, 2.05) is 11.9 Å². The molecule has 0 unspecified atom stereocenters. The van der Waals surface area contributed by atoms with Gasteiger partial charge < -0.3 is 15.4 Å².